The van der Waals surface area contributed by atoms with Gasteiger partial charge in [-0.2, -0.15) is 0 Å². The number of anilines is 2. The zero-order valence-corrected chi connectivity index (χ0v) is 21.9. The van der Waals surface area contributed by atoms with Crippen LogP contribution in [0.25, 0.3) is 11.1 Å². The second-order valence-electron chi connectivity index (χ2n) is 9.28. The fourth-order valence-electron chi connectivity index (χ4n) is 4.30. The molecule has 1 unspecified atom stereocenters. The van der Waals surface area contributed by atoms with Gasteiger partial charge in [0, 0.05) is 25.2 Å². The molecule has 0 spiro atoms. The smallest absolute Gasteiger partial charge is 0.339 e. The van der Waals surface area contributed by atoms with Gasteiger partial charge in [0.15, 0.2) is 0 Å². The minimum Gasteiger partial charge on any atom is -0.465 e. The molecule has 0 fully saturated rings. The largest absolute Gasteiger partial charge is 0.465 e. The fourth-order valence-corrected chi connectivity index (χ4v) is 4.30. The van der Waals surface area contributed by atoms with Crippen LogP contribution in [-0.2, 0) is 16.1 Å². The number of ether oxygens (including phenoxy) is 1. The van der Waals surface area contributed by atoms with E-state index in [1.165, 1.54) is 26.4 Å². The molecule has 190 valence electrons. The van der Waals surface area contributed by atoms with Crippen LogP contribution in [0.3, 0.4) is 0 Å². The number of hydrogen-bond acceptors (Lipinski definition) is 4. The Hall–Kier alpha value is -3.60. The van der Waals surface area contributed by atoms with Crippen LogP contribution < -0.4 is 10.2 Å². The first-order valence-corrected chi connectivity index (χ1v) is 12.8. The average Bonchev–Trinajstić information content (AvgIpc) is 2.93. The lowest BCUT2D eigenvalue weighted by Gasteiger charge is -2.22. The zero-order valence-electron chi connectivity index (χ0n) is 21.9. The van der Waals surface area contributed by atoms with Crippen molar-refractivity contribution in [2.24, 2.45) is 5.92 Å². The van der Waals surface area contributed by atoms with Crippen molar-refractivity contribution in [2.75, 3.05) is 19.1 Å². The van der Waals surface area contributed by atoms with Crippen LogP contribution in [0, 0.1) is 5.92 Å². The Morgan fingerprint density at radius 1 is 0.917 bits per heavy atom. The van der Waals surface area contributed by atoms with E-state index in [1.54, 1.807) is 6.07 Å². The summed E-state index contributed by atoms with van der Waals surface area (Å²) in [6.07, 6.45) is 5.69. The summed E-state index contributed by atoms with van der Waals surface area (Å²) in [7, 11) is 3.33. The minimum atomic E-state index is -0.358. The Bertz CT molecular complexity index is 1140. The van der Waals surface area contributed by atoms with Crippen molar-refractivity contribution in [3.05, 3.63) is 83.9 Å². The maximum Gasteiger partial charge on any atom is 0.339 e. The summed E-state index contributed by atoms with van der Waals surface area (Å²) < 4.78 is 4.93. The van der Waals surface area contributed by atoms with E-state index in [1.807, 2.05) is 61.3 Å². The number of amides is 1. The third-order valence-corrected chi connectivity index (χ3v) is 6.59. The third-order valence-electron chi connectivity index (χ3n) is 6.59. The highest BCUT2D eigenvalue weighted by molar-refractivity contribution is 5.96. The Kier molecular flexibility index (Phi) is 10.1. The van der Waals surface area contributed by atoms with E-state index in [4.69, 9.17) is 4.74 Å². The molecule has 5 heteroatoms. The van der Waals surface area contributed by atoms with Crippen LogP contribution >= 0.6 is 0 Å². The Morgan fingerprint density at radius 3 is 2.39 bits per heavy atom. The van der Waals surface area contributed by atoms with Gasteiger partial charge in [-0.3, -0.25) is 4.79 Å². The fraction of sp³-hybridized carbons (Fsp3) is 0.355. The molecule has 0 radical (unpaired) electrons. The summed E-state index contributed by atoms with van der Waals surface area (Å²) in [4.78, 5) is 26.6. The number of para-hydroxylation sites is 1. The molecule has 1 amide bonds. The second kappa shape index (κ2) is 13.5. The number of nitrogens with one attached hydrogen (secondary N) is 1. The normalized spacial score (nSPS) is 11.6. The molecule has 1 N–H and O–H groups in total. The number of methoxy groups -OCH3 is 1. The molecule has 3 rings (SSSR count). The van der Waals surface area contributed by atoms with Gasteiger partial charge in [-0.1, -0.05) is 82.0 Å². The molecule has 0 aliphatic carbocycles. The molecule has 36 heavy (non-hydrogen) atoms. The molecule has 0 heterocycles. The van der Waals surface area contributed by atoms with E-state index >= 15 is 0 Å². The Morgan fingerprint density at radius 2 is 1.67 bits per heavy atom. The summed E-state index contributed by atoms with van der Waals surface area (Å²) in [6.45, 7) is 4.74. The SMILES string of the molecule is CCCCCCC(C)C(=O)NCc1cccc(-c2ccc(N(C)c3ccccc3C(=O)OC)cc2)c1. The lowest BCUT2D eigenvalue weighted by molar-refractivity contribution is -0.124. The van der Waals surface area contributed by atoms with Crippen LogP contribution in [0.4, 0.5) is 11.4 Å². The van der Waals surface area contributed by atoms with Crippen molar-refractivity contribution >= 4 is 23.3 Å². The molecular weight excluding hydrogens is 448 g/mol. The summed E-state index contributed by atoms with van der Waals surface area (Å²) >= 11 is 0. The summed E-state index contributed by atoms with van der Waals surface area (Å²) in [5, 5.41) is 3.10. The number of unbranched alkanes of at least 4 members (excludes halogenated alkanes) is 3. The van der Waals surface area contributed by atoms with E-state index in [-0.39, 0.29) is 17.8 Å². The van der Waals surface area contributed by atoms with Crippen LogP contribution in [0.2, 0.25) is 0 Å². The van der Waals surface area contributed by atoms with Crippen molar-refractivity contribution in [2.45, 2.75) is 52.5 Å². The van der Waals surface area contributed by atoms with Crippen LogP contribution in [0.15, 0.2) is 72.8 Å². The molecule has 0 aromatic heterocycles. The van der Waals surface area contributed by atoms with Gasteiger partial charge in [0.05, 0.1) is 18.4 Å². The van der Waals surface area contributed by atoms with Crippen LogP contribution in [0.1, 0.15) is 61.9 Å². The van der Waals surface area contributed by atoms with Crippen molar-refractivity contribution in [3.8, 4) is 11.1 Å². The molecule has 1 atom stereocenters. The van der Waals surface area contributed by atoms with Crippen LogP contribution in [-0.4, -0.2) is 26.0 Å². The lowest BCUT2D eigenvalue weighted by Crippen LogP contribution is -2.28. The van der Waals surface area contributed by atoms with Gasteiger partial charge in [0.25, 0.3) is 0 Å². The molecule has 3 aromatic rings. The number of esters is 1. The quantitative estimate of drug-likeness (QED) is 0.218. The molecule has 0 aliphatic heterocycles. The van der Waals surface area contributed by atoms with Gasteiger partial charge in [0.1, 0.15) is 0 Å². The highest BCUT2D eigenvalue weighted by Crippen LogP contribution is 2.30. The van der Waals surface area contributed by atoms with E-state index in [9.17, 15) is 9.59 Å². The first kappa shape index (κ1) is 27.0. The van der Waals surface area contributed by atoms with Crippen molar-refractivity contribution in [3.63, 3.8) is 0 Å². The molecule has 0 bridgehead atoms. The number of nitrogens with zero attached hydrogens (tertiary/aromatic N) is 1. The summed E-state index contributed by atoms with van der Waals surface area (Å²) in [5.74, 6) is -0.195. The van der Waals surface area contributed by atoms with Crippen molar-refractivity contribution in [1.82, 2.24) is 5.32 Å². The van der Waals surface area contributed by atoms with Gasteiger partial charge in [0.2, 0.25) is 5.91 Å². The molecule has 0 saturated heterocycles. The van der Waals surface area contributed by atoms with E-state index in [0.717, 1.165) is 40.9 Å². The number of carbonyl (C=O) groups excluding carboxylic acids is 2. The number of hydrogen-bond donors (Lipinski definition) is 1. The predicted octanol–water partition coefficient (Wildman–Crippen LogP) is 7.13. The topological polar surface area (TPSA) is 58.6 Å². The molecule has 0 aliphatic rings. The molecule has 0 saturated carbocycles. The van der Waals surface area contributed by atoms with Gasteiger partial charge < -0.3 is 15.0 Å². The maximum atomic E-state index is 12.5. The standard InChI is InChI=1S/C31H38N2O3/c1-5-6-7-8-12-23(2)30(34)32-22-24-13-11-14-26(21-24)25-17-19-27(20-18-25)33(3)29-16-10-9-15-28(29)31(35)36-4/h9-11,13-21,23H,5-8,12,22H2,1-4H3,(H,32,34). The van der Waals surface area contributed by atoms with E-state index < -0.39 is 0 Å². The molecule has 3 aromatic carbocycles. The lowest BCUT2D eigenvalue weighted by atomic mass is 10.0. The Labute approximate surface area is 215 Å². The Balaban J connectivity index is 1.64. The van der Waals surface area contributed by atoms with Gasteiger partial charge in [-0.15, -0.1) is 0 Å². The first-order valence-electron chi connectivity index (χ1n) is 12.8. The second-order valence-corrected chi connectivity index (χ2v) is 9.28. The van der Waals surface area contributed by atoms with Crippen molar-refractivity contribution in [1.29, 1.82) is 0 Å². The predicted molar refractivity (Wildman–Crippen MR) is 147 cm³/mol. The minimum absolute atomic E-state index is 0.0406. The van der Waals surface area contributed by atoms with E-state index in [2.05, 4.69) is 36.5 Å². The first-order chi connectivity index (χ1) is 17.4. The average molecular weight is 487 g/mol. The monoisotopic (exact) mass is 486 g/mol. The van der Waals surface area contributed by atoms with Gasteiger partial charge >= 0.3 is 5.97 Å². The molecular formula is C31H38N2O3. The number of carbonyl (C=O) groups is 2. The number of benzene rings is 3. The third kappa shape index (κ3) is 7.20. The van der Waals surface area contributed by atoms with E-state index in [0.29, 0.717) is 12.1 Å². The zero-order chi connectivity index (χ0) is 25.9. The summed E-state index contributed by atoms with van der Waals surface area (Å²) in [6, 6.07) is 23.9. The van der Waals surface area contributed by atoms with Gasteiger partial charge in [-0.05, 0) is 53.4 Å². The highest BCUT2D eigenvalue weighted by atomic mass is 16.5. The number of rotatable bonds is 12. The maximum absolute atomic E-state index is 12.5. The summed E-state index contributed by atoms with van der Waals surface area (Å²) in [5.41, 5.74) is 5.54. The van der Waals surface area contributed by atoms with Crippen molar-refractivity contribution < 1.29 is 14.3 Å². The highest BCUT2D eigenvalue weighted by Gasteiger charge is 2.16. The molecule has 5 nitrogen and oxygen atoms in total. The van der Waals surface area contributed by atoms with Gasteiger partial charge in [-0.25, -0.2) is 4.79 Å². The van der Waals surface area contributed by atoms with Crippen LogP contribution in [0.5, 0.6) is 0 Å².